The van der Waals surface area contributed by atoms with E-state index < -0.39 is 23.9 Å². The van der Waals surface area contributed by atoms with Gasteiger partial charge in [-0.3, -0.25) is 9.59 Å². The largest absolute Gasteiger partial charge is 0.448 e. The first-order chi connectivity index (χ1) is 12.5. The first kappa shape index (κ1) is 18.2. The van der Waals surface area contributed by atoms with E-state index in [9.17, 15) is 14.4 Å². The first-order valence-electron chi connectivity index (χ1n) is 7.33. The van der Waals surface area contributed by atoms with Gasteiger partial charge in [0.2, 0.25) is 0 Å². The minimum absolute atomic E-state index is 0.143. The van der Waals surface area contributed by atoms with Crippen molar-refractivity contribution in [3.8, 4) is 10.6 Å². The zero-order valence-electron chi connectivity index (χ0n) is 13.4. The maximum absolute atomic E-state index is 12.2. The molecule has 0 saturated heterocycles. The molecule has 3 heterocycles. The van der Waals surface area contributed by atoms with Crippen LogP contribution in [-0.4, -0.2) is 28.9 Å². The molecular formula is C16H13N3O4S3. The maximum Gasteiger partial charge on any atom is 0.358 e. The number of nitrogens with two attached hydrogens (primary N) is 1. The van der Waals surface area contributed by atoms with Crippen molar-refractivity contribution >= 4 is 56.8 Å². The highest BCUT2D eigenvalue weighted by atomic mass is 32.1. The summed E-state index contributed by atoms with van der Waals surface area (Å²) in [7, 11) is 0. The van der Waals surface area contributed by atoms with Crippen molar-refractivity contribution < 1.29 is 19.1 Å². The molecule has 0 bridgehead atoms. The fourth-order valence-corrected chi connectivity index (χ4v) is 4.27. The molecule has 0 saturated carbocycles. The molecule has 3 aromatic heterocycles. The fraction of sp³-hybridized carbons (Fsp3) is 0.125. The lowest BCUT2D eigenvalue weighted by Gasteiger charge is -2.12. The predicted octanol–water partition coefficient (Wildman–Crippen LogP) is 3.22. The van der Waals surface area contributed by atoms with E-state index in [4.69, 9.17) is 10.5 Å². The molecule has 1 atom stereocenters. The van der Waals surface area contributed by atoms with Crippen molar-refractivity contribution in [3.63, 3.8) is 0 Å². The zero-order valence-corrected chi connectivity index (χ0v) is 15.9. The van der Waals surface area contributed by atoms with Crippen molar-refractivity contribution in [2.24, 2.45) is 5.73 Å². The van der Waals surface area contributed by atoms with E-state index in [2.05, 4.69) is 10.3 Å². The van der Waals surface area contributed by atoms with Gasteiger partial charge in [-0.1, -0.05) is 0 Å². The zero-order chi connectivity index (χ0) is 18.7. The number of rotatable bonds is 6. The number of nitrogens with one attached hydrogen (secondary N) is 1. The molecule has 1 unspecified atom stereocenters. The molecule has 26 heavy (non-hydrogen) atoms. The van der Waals surface area contributed by atoms with Gasteiger partial charge in [0.15, 0.2) is 11.8 Å². The molecule has 0 fully saturated rings. The van der Waals surface area contributed by atoms with Gasteiger partial charge in [0.25, 0.3) is 11.8 Å². The van der Waals surface area contributed by atoms with Gasteiger partial charge >= 0.3 is 5.97 Å². The SMILES string of the molecule is CC(OC(=O)c1csc(-c2ccsc2)n1)C(=O)Nc1sccc1C(N)=O. The van der Waals surface area contributed by atoms with Crippen LogP contribution in [0.1, 0.15) is 27.8 Å². The second kappa shape index (κ2) is 7.77. The number of nitrogens with zero attached hydrogens (tertiary/aromatic N) is 1. The van der Waals surface area contributed by atoms with Crippen molar-refractivity contribution in [1.82, 2.24) is 4.98 Å². The monoisotopic (exact) mass is 407 g/mol. The van der Waals surface area contributed by atoms with Crippen LogP contribution < -0.4 is 11.1 Å². The number of carbonyl (C=O) groups is 3. The van der Waals surface area contributed by atoms with Crippen molar-refractivity contribution in [2.75, 3.05) is 5.32 Å². The number of anilines is 1. The molecule has 10 heteroatoms. The number of esters is 1. The lowest BCUT2D eigenvalue weighted by molar-refractivity contribution is -0.123. The molecule has 0 aliphatic carbocycles. The van der Waals surface area contributed by atoms with E-state index in [1.165, 1.54) is 35.7 Å². The summed E-state index contributed by atoms with van der Waals surface area (Å²) in [5.41, 5.74) is 6.52. The predicted molar refractivity (Wildman–Crippen MR) is 102 cm³/mol. The van der Waals surface area contributed by atoms with Crippen molar-refractivity contribution in [1.29, 1.82) is 0 Å². The summed E-state index contributed by atoms with van der Waals surface area (Å²) in [6.07, 6.45) is -1.06. The minimum atomic E-state index is -1.06. The number of thiazole rings is 1. The number of thiophene rings is 2. The number of primary amides is 1. The molecule has 134 valence electrons. The molecule has 7 nitrogen and oxygen atoms in total. The third-order valence-electron chi connectivity index (χ3n) is 3.30. The van der Waals surface area contributed by atoms with Gasteiger partial charge in [0, 0.05) is 16.3 Å². The Labute approximate surface area is 160 Å². The number of carbonyl (C=O) groups excluding carboxylic acids is 3. The number of hydrogen-bond donors (Lipinski definition) is 2. The van der Waals surface area contributed by atoms with E-state index in [0.717, 1.165) is 16.9 Å². The van der Waals surface area contributed by atoms with E-state index in [1.807, 2.05) is 16.8 Å². The van der Waals surface area contributed by atoms with Gasteiger partial charge in [-0.15, -0.1) is 22.7 Å². The van der Waals surface area contributed by atoms with Gasteiger partial charge in [0.1, 0.15) is 10.0 Å². The molecule has 3 N–H and O–H groups in total. The number of hydrogen-bond acceptors (Lipinski definition) is 8. The summed E-state index contributed by atoms with van der Waals surface area (Å²) < 4.78 is 5.16. The molecule has 0 spiro atoms. The highest BCUT2D eigenvalue weighted by Crippen LogP contribution is 2.26. The number of ether oxygens (including phenoxy) is 1. The summed E-state index contributed by atoms with van der Waals surface area (Å²) in [5, 5.41) is 10.6. The molecule has 2 amide bonds. The lowest BCUT2D eigenvalue weighted by atomic mass is 10.3. The van der Waals surface area contributed by atoms with Crippen LogP contribution >= 0.6 is 34.0 Å². The molecular weight excluding hydrogens is 394 g/mol. The van der Waals surface area contributed by atoms with Crippen LogP contribution in [0.2, 0.25) is 0 Å². The Hall–Kier alpha value is -2.56. The number of aromatic nitrogens is 1. The van der Waals surface area contributed by atoms with Crippen molar-refractivity contribution in [3.05, 3.63) is 44.9 Å². The Morgan fingerprint density at radius 1 is 1.19 bits per heavy atom. The Balaban J connectivity index is 1.63. The van der Waals surface area contributed by atoms with Crippen LogP contribution in [0, 0.1) is 0 Å². The Bertz CT molecular complexity index is 946. The average Bonchev–Trinajstić information content (AvgIpc) is 3.34. The summed E-state index contributed by atoms with van der Waals surface area (Å²) >= 11 is 4.02. The molecule has 0 aliphatic rings. The quantitative estimate of drug-likeness (QED) is 0.610. The highest BCUT2D eigenvalue weighted by Gasteiger charge is 2.23. The molecule has 0 aromatic carbocycles. The van der Waals surface area contributed by atoms with Crippen LogP contribution in [0.5, 0.6) is 0 Å². The summed E-state index contributed by atoms with van der Waals surface area (Å²) in [4.78, 5) is 39.9. The van der Waals surface area contributed by atoms with Crippen LogP contribution in [0.15, 0.2) is 33.7 Å². The second-order valence-corrected chi connectivity index (χ2v) is 7.67. The second-order valence-electron chi connectivity index (χ2n) is 5.11. The van der Waals surface area contributed by atoms with Gasteiger partial charge in [-0.05, 0) is 29.8 Å². The third-order valence-corrected chi connectivity index (χ3v) is 5.71. The Morgan fingerprint density at radius 2 is 2.00 bits per heavy atom. The van der Waals surface area contributed by atoms with Crippen molar-refractivity contribution in [2.45, 2.75) is 13.0 Å². The summed E-state index contributed by atoms with van der Waals surface area (Å²) in [6.45, 7) is 1.44. The van der Waals surface area contributed by atoms with E-state index in [-0.39, 0.29) is 11.3 Å². The fourth-order valence-electron chi connectivity index (χ4n) is 1.97. The third kappa shape index (κ3) is 3.98. The lowest BCUT2D eigenvalue weighted by Crippen LogP contribution is -2.30. The Kier molecular flexibility index (Phi) is 5.45. The standard InChI is InChI=1S/C16H13N3O4S3/c1-8(13(21)19-15-10(12(17)20)3-5-25-15)23-16(22)11-7-26-14(18-11)9-2-4-24-6-9/h2-8H,1H3,(H2,17,20)(H,19,21). The van der Waals surface area contributed by atoms with E-state index in [1.54, 1.807) is 10.8 Å². The Morgan fingerprint density at radius 3 is 2.69 bits per heavy atom. The molecule has 0 radical (unpaired) electrons. The number of amides is 2. The topological polar surface area (TPSA) is 111 Å². The molecule has 0 aliphatic heterocycles. The molecule has 3 aromatic rings. The van der Waals surface area contributed by atoms with Crippen LogP contribution in [0.3, 0.4) is 0 Å². The van der Waals surface area contributed by atoms with Gasteiger partial charge in [-0.25, -0.2) is 9.78 Å². The van der Waals surface area contributed by atoms with E-state index in [0.29, 0.717) is 10.0 Å². The van der Waals surface area contributed by atoms with Gasteiger partial charge in [-0.2, -0.15) is 11.3 Å². The highest BCUT2D eigenvalue weighted by molar-refractivity contribution is 7.15. The van der Waals surface area contributed by atoms with Crippen LogP contribution in [0.25, 0.3) is 10.6 Å². The summed E-state index contributed by atoms with van der Waals surface area (Å²) in [5.74, 6) is -1.89. The average molecular weight is 407 g/mol. The van der Waals surface area contributed by atoms with Crippen LogP contribution in [-0.2, 0) is 9.53 Å². The van der Waals surface area contributed by atoms with Gasteiger partial charge in [0.05, 0.1) is 5.56 Å². The first-order valence-corrected chi connectivity index (χ1v) is 10.0. The summed E-state index contributed by atoms with van der Waals surface area (Å²) in [6, 6.07) is 3.42. The molecule has 3 rings (SSSR count). The minimum Gasteiger partial charge on any atom is -0.448 e. The normalized spacial score (nSPS) is 11.7. The van der Waals surface area contributed by atoms with Crippen LogP contribution in [0.4, 0.5) is 5.00 Å². The van der Waals surface area contributed by atoms with E-state index >= 15 is 0 Å². The van der Waals surface area contributed by atoms with Gasteiger partial charge < -0.3 is 15.8 Å². The maximum atomic E-state index is 12.2. The smallest absolute Gasteiger partial charge is 0.358 e.